The van der Waals surface area contributed by atoms with E-state index in [0.29, 0.717) is 32.1 Å². The first-order chi connectivity index (χ1) is 11.6. The molecule has 4 heteroatoms. The van der Waals surface area contributed by atoms with Crippen LogP contribution in [0.2, 0.25) is 0 Å². The quantitative estimate of drug-likeness (QED) is 0.853. The van der Waals surface area contributed by atoms with Crippen LogP contribution in [0.3, 0.4) is 0 Å². The molecule has 2 aromatic carbocycles. The van der Waals surface area contributed by atoms with E-state index < -0.39 is 0 Å². The molecule has 2 aromatic rings. The zero-order valence-corrected chi connectivity index (χ0v) is 13.9. The molecule has 2 atom stereocenters. The van der Waals surface area contributed by atoms with E-state index in [4.69, 9.17) is 0 Å². The van der Waals surface area contributed by atoms with Gasteiger partial charge in [0.15, 0.2) is 0 Å². The number of hydrogen-bond donors (Lipinski definition) is 0. The molecular weight excluding hydrogens is 300 g/mol. The minimum Gasteiger partial charge on any atom is -0.339 e. The van der Waals surface area contributed by atoms with Gasteiger partial charge in [0.25, 0.3) is 0 Å². The van der Waals surface area contributed by atoms with Crippen molar-refractivity contribution in [3.63, 3.8) is 0 Å². The second kappa shape index (κ2) is 5.93. The third-order valence-corrected chi connectivity index (χ3v) is 5.37. The molecule has 0 aromatic heterocycles. The van der Waals surface area contributed by atoms with Gasteiger partial charge in [-0.2, -0.15) is 0 Å². The molecule has 2 fully saturated rings. The second-order valence-corrected chi connectivity index (χ2v) is 6.85. The van der Waals surface area contributed by atoms with E-state index in [2.05, 4.69) is 42.5 Å². The van der Waals surface area contributed by atoms with Gasteiger partial charge in [-0.05, 0) is 28.7 Å². The van der Waals surface area contributed by atoms with Gasteiger partial charge < -0.3 is 9.80 Å². The smallest absolute Gasteiger partial charge is 0.226 e. The molecule has 1 aliphatic carbocycles. The highest BCUT2D eigenvalue weighted by Gasteiger charge is 2.46. The Morgan fingerprint density at radius 2 is 1.58 bits per heavy atom. The standard InChI is InChI=1S/C20H22N2O2/c1-14(23)21-9-11-22(12-10-21)20(24)19-13-18(19)17-8-4-6-15-5-2-3-7-16(15)17/h2-8,18-19H,9-13H2,1H3/t18-,19+/m0/s1. The Bertz CT molecular complexity index is 788. The van der Waals surface area contributed by atoms with Gasteiger partial charge in [-0.1, -0.05) is 42.5 Å². The number of rotatable bonds is 2. The van der Waals surface area contributed by atoms with Crippen LogP contribution in [0.1, 0.15) is 24.8 Å². The van der Waals surface area contributed by atoms with Crippen molar-refractivity contribution in [2.24, 2.45) is 5.92 Å². The molecule has 0 radical (unpaired) electrons. The Labute approximate surface area is 142 Å². The molecule has 4 rings (SSSR count). The SMILES string of the molecule is CC(=O)N1CCN(C(=O)[C@@H]2C[C@H]2c2cccc3ccccc23)CC1. The fraction of sp³-hybridized carbons (Fsp3) is 0.400. The van der Waals surface area contributed by atoms with Crippen LogP contribution in [0.4, 0.5) is 0 Å². The molecule has 124 valence electrons. The van der Waals surface area contributed by atoms with E-state index >= 15 is 0 Å². The largest absolute Gasteiger partial charge is 0.339 e. The van der Waals surface area contributed by atoms with Gasteiger partial charge in [-0.3, -0.25) is 9.59 Å². The fourth-order valence-corrected chi connectivity index (χ4v) is 3.86. The molecule has 1 saturated carbocycles. The molecule has 1 heterocycles. The van der Waals surface area contributed by atoms with Gasteiger partial charge in [-0.25, -0.2) is 0 Å². The number of piperazine rings is 1. The van der Waals surface area contributed by atoms with Gasteiger partial charge in [0.05, 0.1) is 0 Å². The van der Waals surface area contributed by atoms with Crippen LogP contribution in [0.25, 0.3) is 10.8 Å². The normalized spacial score (nSPS) is 23.4. The summed E-state index contributed by atoms with van der Waals surface area (Å²) in [5, 5.41) is 2.50. The molecule has 0 bridgehead atoms. The summed E-state index contributed by atoms with van der Waals surface area (Å²) in [6, 6.07) is 14.8. The summed E-state index contributed by atoms with van der Waals surface area (Å²) < 4.78 is 0. The van der Waals surface area contributed by atoms with Crippen LogP contribution in [0, 0.1) is 5.92 Å². The van der Waals surface area contributed by atoms with Crippen molar-refractivity contribution in [3.8, 4) is 0 Å². The first-order valence-electron chi connectivity index (χ1n) is 8.67. The highest BCUT2D eigenvalue weighted by atomic mass is 16.2. The zero-order chi connectivity index (χ0) is 16.7. The highest BCUT2D eigenvalue weighted by Crippen LogP contribution is 2.50. The lowest BCUT2D eigenvalue weighted by Gasteiger charge is -2.34. The molecular formula is C20H22N2O2. The summed E-state index contributed by atoms with van der Waals surface area (Å²) in [6.45, 7) is 4.24. The van der Waals surface area contributed by atoms with Gasteiger partial charge in [-0.15, -0.1) is 0 Å². The lowest BCUT2D eigenvalue weighted by molar-refractivity contribution is -0.139. The lowest BCUT2D eigenvalue weighted by Crippen LogP contribution is -2.50. The summed E-state index contributed by atoms with van der Waals surface area (Å²) in [5.41, 5.74) is 1.30. The van der Waals surface area contributed by atoms with Gasteiger partial charge in [0, 0.05) is 39.0 Å². The van der Waals surface area contributed by atoms with Crippen LogP contribution in [0.5, 0.6) is 0 Å². The van der Waals surface area contributed by atoms with Crippen LogP contribution < -0.4 is 0 Å². The summed E-state index contributed by atoms with van der Waals surface area (Å²) in [4.78, 5) is 27.9. The molecule has 1 saturated heterocycles. The van der Waals surface area contributed by atoms with Gasteiger partial charge >= 0.3 is 0 Å². The van der Waals surface area contributed by atoms with Crippen LogP contribution in [-0.2, 0) is 9.59 Å². The Kier molecular flexibility index (Phi) is 3.75. The molecule has 2 amide bonds. The number of nitrogens with zero attached hydrogens (tertiary/aromatic N) is 2. The zero-order valence-electron chi connectivity index (χ0n) is 13.9. The lowest BCUT2D eigenvalue weighted by atomic mass is 10.00. The Morgan fingerprint density at radius 1 is 0.917 bits per heavy atom. The molecule has 0 unspecified atom stereocenters. The first kappa shape index (κ1) is 15.2. The van der Waals surface area contributed by atoms with Crippen molar-refractivity contribution in [1.82, 2.24) is 9.80 Å². The van der Waals surface area contributed by atoms with Crippen molar-refractivity contribution in [1.29, 1.82) is 0 Å². The molecule has 2 aliphatic rings. The van der Waals surface area contributed by atoms with Gasteiger partial charge in [0.1, 0.15) is 0 Å². The third kappa shape index (κ3) is 2.66. The van der Waals surface area contributed by atoms with E-state index in [0.717, 1.165) is 6.42 Å². The fourth-order valence-electron chi connectivity index (χ4n) is 3.86. The summed E-state index contributed by atoms with van der Waals surface area (Å²) in [7, 11) is 0. The Morgan fingerprint density at radius 3 is 2.33 bits per heavy atom. The number of carbonyl (C=O) groups is 2. The van der Waals surface area contributed by atoms with Crippen molar-refractivity contribution in [2.75, 3.05) is 26.2 Å². The van der Waals surface area contributed by atoms with Crippen molar-refractivity contribution < 1.29 is 9.59 Å². The second-order valence-electron chi connectivity index (χ2n) is 6.85. The first-order valence-corrected chi connectivity index (χ1v) is 8.67. The number of benzene rings is 2. The minimum absolute atomic E-state index is 0.0992. The molecule has 1 aliphatic heterocycles. The van der Waals surface area contributed by atoms with Crippen LogP contribution in [0.15, 0.2) is 42.5 Å². The van der Waals surface area contributed by atoms with Crippen molar-refractivity contribution in [2.45, 2.75) is 19.3 Å². The number of carbonyl (C=O) groups excluding carboxylic acids is 2. The predicted molar refractivity (Wildman–Crippen MR) is 93.6 cm³/mol. The maximum atomic E-state index is 12.8. The molecule has 4 nitrogen and oxygen atoms in total. The number of fused-ring (bicyclic) bond motifs is 1. The molecule has 0 N–H and O–H groups in total. The maximum Gasteiger partial charge on any atom is 0.226 e. The average molecular weight is 322 g/mol. The van der Waals surface area contributed by atoms with Crippen LogP contribution in [-0.4, -0.2) is 47.8 Å². The monoisotopic (exact) mass is 322 g/mol. The molecule has 24 heavy (non-hydrogen) atoms. The minimum atomic E-state index is 0.0992. The number of amides is 2. The Balaban J connectivity index is 1.46. The average Bonchev–Trinajstić information content (AvgIpc) is 3.41. The number of hydrogen-bond acceptors (Lipinski definition) is 2. The van der Waals surface area contributed by atoms with Crippen LogP contribution >= 0.6 is 0 Å². The van der Waals surface area contributed by atoms with E-state index in [9.17, 15) is 9.59 Å². The van der Waals surface area contributed by atoms with E-state index in [-0.39, 0.29) is 17.7 Å². The van der Waals surface area contributed by atoms with E-state index in [1.807, 2.05) is 9.80 Å². The molecule has 0 spiro atoms. The summed E-state index contributed by atoms with van der Waals surface area (Å²) in [6.07, 6.45) is 0.944. The summed E-state index contributed by atoms with van der Waals surface area (Å²) >= 11 is 0. The van der Waals surface area contributed by atoms with E-state index in [1.165, 1.54) is 16.3 Å². The maximum absolute atomic E-state index is 12.8. The predicted octanol–water partition coefficient (Wildman–Crippen LogP) is 2.63. The third-order valence-electron chi connectivity index (χ3n) is 5.37. The van der Waals surface area contributed by atoms with Crippen molar-refractivity contribution >= 4 is 22.6 Å². The highest BCUT2D eigenvalue weighted by molar-refractivity contribution is 5.89. The van der Waals surface area contributed by atoms with Gasteiger partial charge in [0.2, 0.25) is 11.8 Å². The Hall–Kier alpha value is -2.36. The topological polar surface area (TPSA) is 40.6 Å². The van der Waals surface area contributed by atoms with E-state index in [1.54, 1.807) is 6.92 Å². The summed E-state index contributed by atoms with van der Waals surface area (Å²) in [5.74, 6) is 0.812. The van der Waals surface area contributed by atoms with Crippen molar-refractivity contribution in [3.05, 3.63) is 48.0 Å².